The van der Waals surface area contributed by atoms with Gasteiger partial charge < -0.3 is 5.73 Å². The molecule has 0 amide bonds. The molecule has 1 nitrogen and oxygen atoms in total. The maximum Gasteiger partial charge on any atom is 0.413 e. The number of alkyl halides is 7. The Labute approximate surface area is 72.0 Å². The summed E-state index contributed by atoms with van der Waals surface area (Å²) in [7, 11) is 0. The van der Waals surface area contributed by atoms with Gasteiger partial charge in [-0.1, -0.05) is 15.9 Å². The smallest absolute Gasteiger partial charge is 0.328 e. The van der Waals surface area contributed by atoms with E-state index >= 15 is 0 Å². The summed E-state index contributed by atoms with van der Waals surface area (Å²) in [5.74, 6) is 0. The van der Waals surface area contributed by atoms with Gasteiger partial charge in [0.25, 0.3) is 0 Å². The molecule has 0 aliphatic heterocycles. The van der Waals surface area contributed by atoms with Crippen LogP contribution in [-0.2, 0) is 0 Å². The van der Waals surface area contributed by atoms with Crippen LogP contribution in [0.15, 0.2) is 0 Å². The van der Waals surface area contributed by atoms with E-state index in [1.54, 1.807) is 15.9 Å². The molecule has 8 heteroatoms. The molecule has 0 spiro atoms. The molecule has 0 aromatic heterocycles. The van der Waals surface area contributed by atoms with Crippen molar-refractivity contribution in [2.75, 3.05) is 6.54 Å². The van der Waals surface area contributed by atoms with Crippen molar-refractivity contribution in [3.63, 3.8) is 0 Å². The predicted molar refractivity (Wildman–Crippen MR) is 32.8 cm³/mol. The molecule has 0 unspecified atom stereocenters. The number of rotatable bonds is 1. The van der Waals surface area contributed by atoms with Crippen molar-refractivity contribution >= 4 is 15.9 Å². The summed E-state index contributed by atoms with van der Waals surface area (Å²) in [4.78, 5) is 0. The van der Waals surface area contributed by atoms with Crippen molar-refractivity contribution in [2.24, 2.45) is 5.73 Å². The molecule has 0 aliphatic rings. The molecule has 0 saturated heterocycles. The summed E-state index contributed by atoms with van der Waals surface area (Å²) >= 11 is 1.55. The van der Waals surface area contributed by atoms with Gasteiger partial charge >= 0.3 is 12.4 Å². The Hall–Kier alpha value is 0.0200. The fourth-order valence-corrected chi connectivity index (χ4v) is 0.392. The van der Waals surface area contributed by atoms with E-state index in [1.807, 2.05) is 0 Å². The monoisotopic (exact) mass is 259 g/mol. The maximum atomic E-state index is 11.8. The molecule has 0 atom stereocenters. The van der Waals surface area contributed by atoms with Crippen LogP contribution in [0.1, 0.15) is 0 Å². The highest BCUT2D eigenvalue weighted by Gasteiger charge is 2.68. The Kier molecular flexibility index (Phi) is 3.06. The van der Waals surface area contributed by atoms with Crippen LogP contribution in [0.2, 0.25) is 0 Å². The topological polar surface area (TPSA) is 26.0 Å². The van der Waals surface area contributed by atoms with Crippen molar-refractivity contribution < 1.29 is 26.3 Å². The Morgan fingerprint density at radius 2 is 1.17 bits per heavy atom. The first-order valence-corrected chi connectivity index (χ1v) is 3.38. The Balaban J connectivity index is 4.95. The first-order valence-electron chi connectivity index (χ1n) is 2.58. The first kappa shape index (κ1) is 12.0. The standard InChI is InChI=1S/C4H4BrF6N/c5-2(1-12,3(6,7)8)4(9,10)11/h1,12H2. The van der Waals surface area contributed by atoms with Gasteiger partial charge in [0.05, 0.1) is 0 Å². The maximum absolute atomic E-state index is 11.8. The van der Waals surface area contributed by atoms with E-state index in [2.05, 4.69) is 5.73 Å². The third kappa shape index (κ3) is 1.85. The van der Waals surface area contributed by atoms with Gasteiger partial charge in [-0.2, -0.15) is 26.3 Å². The van der Waals surface area contributed by atoms with E-state index in [0.717, 1.165) is 0 Å². The lowest BCUT2D eigenvalue weighted by Crippen LogP contribution is -2.56. The van der Waals surface area contributed by atoms with Crippen LogP contribution in [-0.4, -0.2) is 23.2 Å². The van der Waals surface area contributed by atoms with Crippen molar-refractivity contribution in [3.8, 4) is 0 Å². The SMILES string of the molecule is NCC(Br)(C(F)(F)F)C(F)(F)F. The van der Waals surface area contributed by atoms with E-state index < -0.39 is 23.2 Å². The minimum Gasteiger partial charge on any atom is -0.328 e. The molecule has 0 heterocycles. The summed E-state index contributed by atoms with van der Waals surface area (Å²) in [5.41, 5.74) is 4.39. The summed E-state index contributed by atoms with van der Waals surface area (Å²) in [6.45, 7) is -1.58. The van der Waals surface area contributed by atoms with Crippen molar-refractivity contribution in [1.29, 1.82) is 0 Å². The molecule has 0 saturated carbocycles. The van der Waals surface area contributed by atoms with Gasteiger partial charge in [0.1, 0.15) is 0 Å². The molecule has 0 bridgehead atoms. The third-order valence-electron chi connectivity index (χ3n) is 1.18. The summed E-state index contributed by atoms with van der Waals surface area (Å²) in [5, 5.41) is 0. The van der Waals surface area contributed by atoms with Crippen LogP contribution in [0, 0.1) is 0 Å². The van der Waals surface area contributed by atoms with Gasteiger partial charge in [0.2, 0.25) is 4.32 Å². The normalized spacial score (nSPS) is 15.0. The molecule has 0 fully saturated rings. The van der Waals surface area contributed by atoms with Crippen LogP contribution < -0.4 is 5.73 Å². The zero-order valence-electron chi connectivity index (χ0n) is 5.43. The number of nitrogens with two attached hydrogens (primary N) is 1. The molecule has 12 heavy (non-hydrogen) atoms. The van der Waals surface area contributed by atoms with Gasteiger partial charge in [-0.25, -0.2) is 0 Å². The van der Waals surface area contributed by atoms with Gasteiger partial charge in [-0.15, -0.1) is 0 Å². The van der Waals surface area contributed by atoms with Crippen LogP contribution in [0.25, 0.3) is 0 Å². The quantitative estimate of drug-likeness (QED) is 0.567. The molecule has 74 valence electrons. The van der Waals surface area contributed by atoms with Crippen LogP contribution in [0.3, 0.4) is 0 Å². The summed E-state index contributed by atoms with van der Waals surface area (Å²) in [6.07, 6.45) is -10.9. The Bertz CT molecular complexity index is 146. The predicted octanol–water partition coefficient (Wildman–Crippen LogP) is 2.20. The Morgan fingerprint density at radius 3 is 1.17 bits per heavy atom. The van der Waals surface area contributed by atoms with E-state index in [9.17, 15) is 26.3 Å². The molecule has 0 rings (SSSR count). The second-order valence-electron chi connectivity index (χ2n) is 2.00. The minimum absolute atomic E-state index is 1.55. The fourth-order valence-electron chi connectivity index (χ4n) is 0.392. The highest BCUT2D eigenvalue weighted by Crippen LogP contribution is 2.48. The Morgan fingerprint density at radius 1 is 0.917 bits per heavy atom. The molecular weight excluding hydrogens is 256 g/mol. The number of hydrogen-bond acceptors (Lipinski definition) is 1. The van der Waals surface area contributed by atoms with Crippen LogP contribution in [0.5, 0.6) is 0 Å². The first-order chi connectivity index (χ1) is 5.06. The van der Waals surface area contributed by atoms with Crippen LogP contribution in [0.4, 0.5) is 26.3 Å². The average molecular weight is 260 g/mol. The second kappa shape index (κ2) is 3.06. The lowest BCUT2D eigenvalue weighted by Gasteiger charge is -2.30. The number of hydrogen-bond donors (Lipinski definition) is 1. The zero-order chi connectivity index (χ0) is 10.2. The molecule has 0 aliphatic carbocycles. The average Bonchev–Trinajstić information content (AvgIpc) is 1.81. The second-order valence-corrected chi connectivity index (χ2v) is 3.35. The van der Waals surface area contributed by atoms with Gasteiger partial charge in [-0.05, 0) is 0 Å². The highest BCUT2D eigenvalue weighted by atomic mass is 79.9. The van der Waals surface area contributed by atoms with Gasteiger partial charge in [0, 0.05) is 6.54 Å². The summed E-state index contributed by atoms with van der Waals surface area (Å²) < 4.78 is 66.5. The van der Waals surface area contributed by atoms with E-state index in [1.165, 1.54) is 0 Å². The van der Waals surface area contributed by atoms with Gasteiger partial charge in [-0.3, -0.25) is 0 Å². The third-order valence-corrected chi connectivity index (χ3v) is 2.40. The highest BCUT2D eigenvalue weighted by molar-refractivity contribution is 9.10. The van der Waals surface area contributed by atoms with Crippen LogP contribution >= 0.6 is 15.9 Å². The van der Waals surface area contributed by atoms with E-state index in [-0.39, 0.29) is 0 Å². The van der Waals surface area contributed by atoms with Gasteiger partial charge in [0.15, 0.2) is 0 Å². The molecule has 0 aromatic carbocycles. The number of halogens is 7. The van der Waals surface area contributed by atoms with E-state index in [4.69, 9.17) is 0 Å². The van der Waals surface area contributed by atoms with Crippen molar-refractivity contribution in [2.45, 2.75) is 16.7 Å². The molecule has 2 N–H and O–H groups in total. The van der Waals surface area contributed by atoms with Crippen molar-refractivity contribution in [3.05, 3.63) is 0 Å². The lowest BCUT2D eigenvalue weighted by molar-refractivity contribution is -0.258. The lowest BCUT2D eigenvalue weighted by atomic mass is 10.1. The van der Waals surface area contributed by atoms with Crippen molar-refractivity contribution in [1.82, 2.24) is 0 Å². The molecule has 0 aromatic rings. The fraction of sp³-hybridized carbons (Fsp3) is 1.00. The largest absolute Gasteiger partial charge is 0.413 e. The van der Waals surface area contributed by atoms with E-state index in [0.29, 0.717) is 0 Å². The molecular formula is C4H4BrF6N. The minimum atomic E-state index is -5.44. The summed E-state index contributed by atoms with van der Waals surface area (Å²) in [6, 6.07) is 0. The molecule has 0 radical (unpaired) electrons. The zero-order valence-corrected chi connectivity index (χ0v) is 7.02.